The maximum Gasteiger partial charge on any atom is 0.226 e. The molecule has 0 unspecified atom stereocenters. The lowest BCUT2D eigenvalue weighted by atomic mass is 10.1. The Balaban J connectivity index is 1.79. The molecule has 0 aliphatic carbocycles. The summed E-state index contributed by atoms with van der Waals surface area (Å²) in [5.74, 6) is -0.0659. The topological polar surface area (TPSA) is 69.0 Å². The monoisotopic (exact) mass is 364 g/mol. The third-order valence-corrected chi connectivity index (χ3v) is 4.11. The highest BCUT2D eigenvalue weighted by atomic mass is 16.5. The number of aromatic nitrogens is 3. The van der Waals surface area contributed by atoms with Crippen molar-refractivity contribution in [2.75, 3.05) is 19.8 Å². The Bertz CT molecular complexity index is 847. The van der Waals surface area contributed by atoms with Gasteiger partial charge in [-0.15, -0.1) is 5.10 Å². The number of rotatable bonds is 9. The van der Waals surface area contributed by atoms with E-state index in [4.69, 9.17) is 4.74 Å². The normalized spacial score (nSPS) is 10.7. The molecule has 0 spiro atoms. The molecule has 1 heterocycles. The second-order valence-corrected chi connectivity index (χ2v) is 6.08. The highest BCUT2D eigenvalue weighted by Gasteiger charge is 2.18. The van der Waals surface area contributed by atoms with E-state index >= 15 is 0 Å². The van der Waals surface area contributed by atoms with Crippen LogP contribution in [0.5, 0.6) is 0 Å². The van der Waals surface area contributed by atoms with Crippen LogP contribution in [0.3, 0.4) is 0 Å². The SMILES string of the molecule is CCOCCCNC(=O)Cc1nnn(-c2ccccc2)c1-c1ccccc1. The molecule has 6 nitrogen and oxygen atoms in total. The van der Waals surface area contributed by atoms with Gasteiger partial charge in [-0.1, -0.05) is 53.7 Å². The van der Waals surface area contributed by atoms with E-state index in [0.717, 1.165) is 23.4 Å². The Kier molecular flexibility index (Phi) is 6.71. The molecule has 0 aliphatic heterocycles. The third-order valence-electron chi connectivity index (χ3n) is 4.11. The molecule has 1 aromatic heterocycles. The van der Waals surface area contributed by atoms with Crippen molar-refractivity contribution in [3.05, 3.63) is 66.4 Å². The number of ether oxygens (including phenoxy) is 1. The van der Waals surface area contributed by atoms with Gasteiger partial charge in [0.2, 0.25) is 5.91 Å². The van der Waals surface area contributed by atoms with Crippen LogP contribution in [0.4, 0.5) is 0 Å². The molecule has 3 rings (SSSR count). The van der Waals surface area contributed by atoms with Crippen LogP contribution in [0.15, 0.2) is 60.7 Å². The average molecular weight is 364 g/mol. The van der Waals surface area contributed by atoms with Gasteiger partial charge in [0.15, 0.2) is 0 Å². The second kappa shape index (κ2) is 9.64. The number of hydrogen-bond acceptors (Lipinski definition) is 4. The second-order valence-electron chi connectivity index (χ2n) is 6.08. The van der Waals surface area contributed by atoms with Gasteiger partial charge in [0, 0.05) is 25.3 Å². The third kappa shape index (κ3) is 5.01. The van der Waals surface area contributed by atoms with Crippen molar-refractivity contribution in [1.29, 1.82) is 0 Å². The van der Waals surface area contributed by atoms with Gasteiger partial charge in [0.1, 0.15) is 5.69 Å². The summed E-state index contributed by atoms with van der Waals surface area (Å²) in [5, 5.41) is 11.5. The molecule has 6 heteroatoms. The summed E-state index contributed by atoms with van der Waals surface area (Å²) in [6.45, 7) is 3.89. The summed E-state index contributed by atoms with van der Waals surface area (Å²) in [4.78, 5) is 12.3. The first-order valence-electron chi connectivity index (χ1n) is 9.19. The van der Waals surface area contributed by atoms with Crippen molar-refractivity contribution in [3.8, 4) is 16.9 Å². The summed E-state index contributed by atoms with van der Waals surface area (Å²) >= 11 is 0. The number of carbonyl (C=O) groups is 1. The van der Waals surface area contributed by atoms with E-state index in [2.05, 4.69) is 15.6 Å². The van der Waals surface area contributed by atoms with E-state index in [9.17, 15) is 4.79 Å². The zero-order valence-electron chi connectivity index (χ0n) is 15.5. The van der Waals surface area contributed by atoms with Crippen molar-refractivity contribution in [2.45, 2.75) is 19.8 Å². The molecule has 3 aromatic rings. The van der Waals surface area contributed by atoms with Crippen molar-refractivity contribution in [2.24, 2.45) is 0 Å². The number of hydrogen-bond donors (Lipinski definition) is 1. The van der Waals surface area contributed by atoms with Crippen LogP contribution < -0.4 is 5.32 Å². The maximum absolute atomic E-state index is 12.3. The number of nitrogens with one attached hydrogen (secondary N) is 1. The molecule has 0 aliphatic rings. The minimum absolute atomic E-state index is 0.0659. The zero-order chi connectivity index (χ0) is 18.9. The van der Waals surface area contributed by atoms with E-state index in [1.54, 1.807) is 4.68 Å². The predicted octanol–water partition coefficient (Wildman–Crippen LogP) is 3.02. The van der Waals surface area contributed by atoms with Crippen LogP contribution in [0.2, 0.25) is 0 Å². The highest BCUT2D eigenvalue weighted by Crippen LogP contribution is 2.25. The standard InChI is InChI=1S/C21H24N4O2/c1-2-27-15-9-14-22-20(26)16-19-21(17-10-5-3-6-11-17)25(24-23-19)18-12-7-4-8-13-18/h3-8,10-13H,2,9,14-16H2,1H3,(H,22,26). The first-order chi connectivity index (χ1) is 13.3. The van der Waals surface area contributed by atoms with E-state index in [0.29, 0.717) is 25.5 Å². The summed E-state index contributed by atoms with van der Waals surface area (Å²) in [7, 11) is 0. The summed E-state index contributed by atoms with van der Waals surface area (Å²) < 4.78 is 7.07. The van der Waals surface area contributed by atoms with Gasteiger partial charge < -0.3 is 10.1 Å². The van der Waals surface area contributed by atoms with Gasteiger partial charge in [-0.05, 0) is 25.5 Å². The molecule has 2 aromatic carbocycles. The predicted molar refractivity (Wildman–Crippen MR) is 105 cm³/mol. The van der Waals surface area contributed by atoms with Gasteiger partial charge in [0.05, 0.1) is 17.8 Å². The molecular formula is C21H24N4O2. The van der Waals surface area contributed by atoms with Crippen molar-refractivity contribution < 1.29 is 9.53 Å². The number of benzene rings is 2. The van der Waals surface area contributed by atoms with Crippen LogP contribution in [0.1, 0.15) is 19.0 Å². The zero-order valence-corrected chi connectivity index (χ0v) is 15.5. The Morgan fingerprint density at radius 3 is 2.48 bits per heavy atom. The molecule has 0 fully saturated rings. The molecule has 0 saturated heterocycles. The van der Waals surface area contributed by atoms with Gasteiger partial charge in [-0.3, -0.25) is 4.79 Å². The molecule has 0 bridgehead atoms. The van der Waals surface area contributed by atoms with Gasteiger partial charge in [0.25, 0.3) is 0 Å². The van der Waals surface area contributed by atoms with E-state index in [1.165, 1.54) is 0 Å². The summed E-state index contributed by atoms with van der Waals surface area (Å²) in [6.07, 6.45) is 0.980. The number of carbonyl (C=O) groups excluding carboxylic acids is 1. The molecule has 0 atom stereocenters. The number of nitrogens with zero attached hydrogens (tertiary/aromatic N) is 3. The minimum Gasteiger partial charge on any atom is -0.382 e. The molecule has 1 N–H and O–H groups in total. The summed E-state index contributed by atoms with van der Waals surface area (Å²) in [6, 6.07) is 19.7. The van der Waals surface area contributed by atoms with Gasteiger partial charge >= 0.3 is 0 Å². The Morgan fingerprint density at radius 2 is 1.78 bits per heavy atom. The fourth-order valence-electron chi connectivity index (χ4n) is 2.83. The van der Waals surface area contributed by atoms with E-state index in [-0.39, 0.29) is 12.3 Å². The molecule has 1 amide bonds. The van der Waals surface area contributed by atoms with Crippen LogP contribution in [0.25, 0.3) is 16.9 Å². The van der Waals surface area contributed by atoms with Crippen LogP contribution in [0, 0.1) is 0 Å². The highest BCUT2D eigenvalue weighted by molar-refractivity contribution is 5.80. The smallest absolute Gasteiger partial charge is 0.226 e. The average Bonchev–Trinajstić information content (AvgIpc) is 3.12. The molecule has 0 saturated carbocycles. The molecule has 140 valence electrons. The largest absolute Gasteiger partial charge is 0.382 e. The van der Waals surface area contributed by atoms with Crippen LogP contribution in [-0.2, 0) is 16.0 Å². The first kappa shape index (κ1) is 18.8. The maximum atomic E-state index is 12.3. The van der Waals surface area contributed by atoms with Crippen LogP contribution >= 0.6 is 0 Å². The lowest BCUT2D eigenvalue weighted by molar-refractivity contribution is -0.120. The lowest BCUT2D eigenvalue weighted by Crippen LogP contribution is -2.27. The Labute approximate surface area is 159 Å². The number of para-hydroxylation sites is 1. The minimum atomic E-state index is -0.0659. The Hall–Kier alpha value is -2.99. The van der Waals surface area contributed by atoms with Crippen molar-refractivity contribution in [3.63, 3.8) is 0 Å². The lowest BCUT2D eigenvalue weighted by Gasteiger charge is -2.09. The summed E-state index contributed by atoms with van der Waals surface area (Å²) in [5.41, 5.74) is 3.39. The van der Waals surface area contributed by atoms with E-state index < -0.39 is 0 Å². The fourth-order valence-corrected chi connectivity index (χ4v) is 2.83. The molecule has 27 heavy (non-hydrogen) atoms. The fraction of sp³-hybridized carbons (Fsp3) is 0.286. The first-order valence-corrected chi connectivity index (χ1v) is 9.19. The van der Waals surface area contributed by atoms with Gasteiger partial charge in [-0.25, -0.2) is 4.68 Å². The van der Waals surface area contributed by atoms with Crippen LogP contribution in [-0.4, -0.2) is 40.7 Å². The van der Waals surface area contributed by atoms with Gasteiger partial charge in [-0.2, -0.15) is 0 Å². The molecule has 0 radical (unpaired) electrons. The van der Waals surface area contributed by atoms with Crippen molar-refractivity contribution in [1.82, 2.24) is 20.3 Å². The Morgan fingerprint density at radius 1 is 1.07 bits per heavy atom. The molecular weight excluding hydrogens is 340 g/mol. The van der Waals surface area contributed by atoms with Crippen molar-refractivity contribution >= 4 is 5.91 Å². The quantitative estimate of drug-likeness (QED) is 0.593. The van der Waals surface area contributed by atoms with E-state index in [1.807, 2.05) is 67.6 Å². The number of amides is 1.